The van der Waals surface area contributed by atoms with Crippen molar-refractivity contribution in [3.63, 3.8) is 0 Å². The van der Waals surface area contributed by atoms with Crippen molar-refractivity contribution in [2.75, 3.05) is 0 Å². The molecule has 2 rings (SSSR count). The first kappa shape index (κ1) is 8.04. The maximum atomic E-state index is 10.9. The number of carboxylic acid groups (broad SMARTS) is 1. The van der Waals surface area contributed by atoms with Gasteiger partial charge in [0.15, 0.2) is 0 Å². The van der Waals surface area contributed by atoms with Gasteiger partial charge in [-0.3, -0.25) is 9.59 Å². The first-order valence-corrected chi connectivity index (χ1v) is 4.10. The predicted molar refractivity (Wildman–Crippen MR) is 45.6 cm³/mol. The lowest BCUT2D eigenvalue weighted by molar-refractivity contribution is -0.141. The van der Waals surface area contributed by atoms with E-state index in [1.165, 1.54) is 6.07 Å². The summed E-state index contributed by atoms with van der Waals surface area (Å²) < 4.78 is 0. The minimum atomic E-state index is -0.788. The zero-order valence-corrected chi connectivity index (χ0v) is 6.91. The first-order chi connectivity index (χ1) is 6.16. The van der Waals surface area contributed by atoms with Gasteiger partial charge in [-0.1, -0.05) is 0 Å². The number of carboxylic acids is 1. The Labute approximate surface area is 74.2 Å². The number of hydrogen-bond donors (Lipinski definition) is 2. The molecule has 0 aromatic carbocycles. The lowest BCUT2D eigenvalue weighted by Crippen LogP contribution is -2.12. The Bertz CT molecular complexity index is 408. The molecule has 0 aliphatic heterocycles. The van der Waals surface area contributed by atoms with Crippen LogP contribution in [0.1, 0.15) is 11.1 Å². The Morgan fingerprint density at radius 3 is 2.85 bits per heavy atom. The lowest BCUT2D eigenvalue weighted by Gasteiger charge is -1.98. The van der Waals surface area contributed by atoms with Crippen LogP contribution in [-0.4, -0.2) is 16.1 Å². The summed E-state index contributed by atoms with van der Waals surface area (Å²) in [6.45, 7) is 0. The average Bonchev–Trinajstić information content (AvgIpc) is 2.46. The quantitative estimate of drug-likeness (QED) is 0.645. The number of H-pyrrole nitrogens is 1. The summed E-state index contributed by atoms with van der Waals surface area (Å²) in [6.07, 6.45) is 2.62. The molecule has 0 saturated heterocycles. The topological polar surface area (TPSA) is 70.2 Å². The van der Waals surface area contributed by atoms with Crippen LogP contribution in [0.15, 0.2) is 17.1 Å². The second-order valence-corrected chi connectivity index (χ2v) is 3.29. The normalized spacial score (nSPS) is 19.8. The highest BCUT2D eigenvalue weighted by atomic mass is 16.4. The van der Waals surface area contributed by atoms with Gasteiger partial charge in [0.2, 0.25) is 5.56 Å². The van der Waals surface area contributed by atoms with E-state index in [-0.39, 0.29) is 11.5 Å². The molecule has 1 aromatic rings. The van der Waals surface area contributed by atoms with Crippen molar-refractivity contribution < 1.29 is 9.90 Å². The van der Waals surface area contributed by atoms with Gasteiger partial charge in [-0.15, -0.1) is 0 Å². The van der Waals surface area contributed by atoms with Gasteiger partial charge >= 0.3 is 5.97 Å². The molecule has 1 aliphatic rings. The van der Waals surface area contributed by atoms with Crippen LogP contribution in [0.2, 0.25) is 0 Å². The van der Waals surface area contributed by atoms with E-state index in [0.29, 0.717) is 12.8 Å². The SMILES string of the molecule is O=C(O)C1Cc2c[nH]c(=O)cc2C1. The minimum Gasteiger partial charge on any atom is -0.481 e. The van der Waals surface area contributed by atoms with Crippen molar-refractivity contribution >= 4 is 5.97 Å². The molecule has 13 heavy (non-hydrogen) atoms. The fourth-order valence-electron chi connectivity index (χ4n) is 1.70. The van der Waals surface area contributed by atoms with Gasteiger partial charge in [0.25, 0.3) is 0 Å². The molecule has 1 aliphatic carbocycles. The highest BCUT2D eigenvalue weighted by Crippen LogP contribution is 2.24. The molecule has 0 amide bonds. The minimum absolute atomic E-state index is 0.162. The third-order valence-corrected chi connectivity index (χ3v) is 2.39. The highest BCUT2D eigenvalue weighted by molar-refractivity contribution is 5.72. The highest BCUT2D eigenvalue weighted by Gasteiger charge is 2.26. The van der Waals surface area contributed by atoms with Gasteiger partial charge in [-0.05, 0) is 24.0 Å². The van der Waals surface area contributed by atoms with E-state index >= 15 is 0 Å². The Kier molecular flexibility index (Phi) is 1.69. The number of pyridine rings is 1. The molecule has 0 fully saturated rings. The lowest BCUT2D eigenvalue weighted by atomic mass is 10.1. The van der Waals surface area contributed by atoms with Crippen LogP contribution in [0.4, 0.5) is 0 Å². The number of fused-ring (bicyclic) bond motifs is 1. The van der Waals surface area contributed by atoms with Gasteiger partial charge in [0, 0.05) is 12.3 Å². The molecule has 0 radical (unpaired) electrons. The average molecular weight is 179 g/mol. The van der Waals surface area contributed by atoms with Crippen LogP contribution in [0.5, 0.6) is 0 Å². The molecule has 0 spiro atoms. The van der Waals surface area contributed by atoms with Gasteiger partial charge in [0.1, 0.15) is 0 Å². The number of carbonyl (C=O) groups is 1. The van der Waals surface area contributed by atoms with Crippen molar-refractivity contribution in [3.05, 3.63) is 33.7 Å². The molecule has 0 bridgehead atoms. The van der Waals surface area contributed by atoms with E-state index in [1.54, 1.807) is 6.20 Å². The largest absolute Gasteiger partial charge is 0.481 e. The molecule has 4 nitrogen and oxygen atoms in total. The number of aromatic nitrogens is 1. The number of rotatable bonds is 1. The maximum absolute atomic E-state index is 10.9. The molecule has 1 atom stereocenters. The van der Waals surface area contributed by atoms with E-state index in [1.807, 2.05) is 0 Å². The summed E-state index contributed by atoms with van der Waals surface area (Å²) in [5.74, 6) is -1.14. The van der Waals surface area contributed by atoms with Crippen molar-refractivity contribution in [2.24, 2.45) is 5.92 Å². The summed E-state index contributed by atoms with van der Waals surface area (Å²) in [5, 5.41) is 8.77. The summed E-state index contributed by atoms with van der Waals surface area (Å²) in [5.41, 5.74) is 1.66. The number of aromatic amines is 1. The summed E-state index contributed by atoms with van der Waals surface area (Å²) in [7, 11) is 0. The van der Waals surface area contributed by atoms with Gasteiger partial charge in [-0.25, -0.2) is 0 Å². The van der Waals surface area contributed by atoms with E-state index in [9.17, 15) is 9.59 Å². The second-order valence-electron chi connectivity index (χ2n) is 3.29. The molecular weight excluding hydrogens is 170 g/mol. The van der Waals surface area contributed by atoms with Crippen LogP contribution in [0.25, 0.3) is 0 Å². The Hall–Kier alpha value is -1.58. The van der Waals surface area contributed by atoms with Crippen molar-refractivity contribution in [1.29, 1.82) is 0 Å². The Balaban J connectivity index is 2.35. The van der Waals surface area contributed by atoms with Crippen LogP contribution < -0.4 is 5.56 Å². The Morgan fingerprint density at radius 1 is 1.46 bits per heavy atom. The number of nitrogens with one attached hydrogen (secondary N) is 1. The van der Waals surface area contributed by atoms with Gasteiger partial charge in [-0.2, -0.15) is 0 Å². The number of hydrogen-bond acceptors (Lipinski definition) is 2. The molecule has 1 unspecified atom stereocenters. The van der Waals surface area contributed by atoms with Gasteiger partial charge in [0.05, 0.1) is 5.92 Å². The van der Waals surface area contributed by atoms with E-state index in [4.69, 9.17) is 5.11 Å². The third-order valence-electron chi connectivity index (χ3n) is 2.39. The van der Waals surface area contributed by atoms with E-state index < -0.39 is 5.97 Å². The second kappa shape index (κ2) is 2.73. The molecule has 1 heterocycles. The summed E-state index contributed by atoms with van der Waals surface area (Å²) in [4.78, 5) is 24.1. The van der Waals surface area contributed by atoms with E-state index in [2.05, 4.69) is 4.98 Å². The standard InChI is InChI=1S/C9H9NO3/c11-8-3-5-1-6(9(12)13)2-7(5)4-10-8/h3-4,6H,1-2H2,(H,10,11)(H,12,13). The summed E-state index contributed by atoms with van der Waals surface area (Å²) in [6, 6.07) is 1.48. The molecule has 2 N–H and O–H groups in total. The smallest absolute Gasteiger partial charge is 0.307 e. The molecule has 4 heteroatoms. The fourth-order valence-corrected chi connectivity index (χ4v) is 1.70. The van der Waals surface area contributed by atoms with E-state index in [0.717, 1.165) is 11.1 Å². The molecular formula is C9H9NO3. The van der Waals surface area contributed by atoms with Crippen LogP contribution >= 0.6 is 0 Å². The number of aliphatic carboxylic acids is 1. The van der Waals surface area contributed by atoms with Crippen LogP contribution in [-0.2, 0) is 17.6 Å². The van der Waals surface area contributed by atoms with Crippen molar-refractivity contribution in [1.82, 2.24) is 4.98 Å². The molecule has 0 saturated carbocycles. The zero-order chi connectivity index (χ0) is 9.42. The zero-order valence-electron chi connectivity index (χ0n) is 6.91. The molecule has 1 aromatic heterocycles. The Morgan fingerprint density at radius 2 is 2.15 bits per heavy atom. The summed E-state index contributed by atoms with van der Waals surface area (Å²) >= 11 is 0. The third kappa shape index (κ3) is 1.35. The van der Waals surface area contributed by atoms with Crippen molar-refractivity contribution in [3.8, 4) is 0 Å². The van der Waals surface area contributed by atoms with Crippen molar-refractivity contribution in [2.45, 2.75) is 12.8 Å². The van der Waals surface area contributed by atoms with Crippen LogP contribution in [0, 0.1) is 5.92 Å². The fraction of sp³-hybridized carbons (Fsp3) is 0.333. The molecule has 68 valence electrons. The first-order valence-electron chi connectivity index (χ1n) is 4.10. The predicted octanol–water partition coefficient (Wildman–Crippen LogP) is 0.174. The maximum Gasteiger partial charge on any atom is 0.307 e. The monoisotopic (exact) mass is 179 g/mol. The van der Waals surface area contributed by atoms with Crippen LogP contribution in [0.3, 0.4) is 0 Å². The van der Waals surface area contributed by atoms with Gasteiger partial charge < -0.3 is 10.1 Å².